The van der Waals surface area contributed by atoms with Gasteiger partial charge in [-0.3, -0.25) is 14.6 Å². The van der Waals surface area contributed by atoms with Crippen LogP contribution in [0.5, 0.6) is 0 Å². The van der Waals surface area contributed by atoms with Crippen molar-refractivity contribution < 1.29 is 9.59 Å². The molecule has 5 nitrogen and oxygen atoms in total. The van der Waals surface area contributed by atoms with Gasteiger partial charge in [-0.15, -0.1) is 0 Å². The summed E-state index contributed by atoms with van der Waals surface area (Å²) in [5.41, 5.74) is 0.538. The van der Waals surface area contributed by atoms with Crippen LogP contribution in [0.4, 0.5) is 5.69 Å². The van der Waals surface area contributed by atoms with Gasteiger partial charge in [0.15, 0.2) is 0 Å². The van der Waals surface area contributed by atoms with Gasteiger partial charge in [-0.1, -0.05) is 57.8 Å². The van der Waals surface area contributed by atoms with E-state index in [9.17, 15) is 9.59 Å². The number of nitrogens with one attached hydrogen (secondary N) is 2. The second-order valence-electron chi connectivity index (χ2n) is 6.63. The number of nitrogens with zero attached hydrogens (tertiary/aromatic N) is 1. The van der Waals surface area contributed by atoms with Crippen LogP contribution in [-0.2, 0) is 9.59 Å². The topological polar surface area (TPSA) is 71.1 Å². The van der Waals surface area contributed by atoms with Crippen LogP contribution in [0.25, 0.3) is 0 Å². The quantitative estimate of drug-likeness (QED) is 0.810. The summed E-state index contributed by atoms with van der Waals surface area (Å²) in [7, 11) is 0. The van der Waals surface area contributed by atoms with E-state index in [2.05, 4.69) is 15.6 Å². The molecule has 1 aliphatic rings. The largest absolute Gasteiger partial charge is 0.345 e. The summed E-state index contributed by atoms with van der Waals surface area (Å²) in [6, 6.07) is 3.55. The van der Waals surface area contributed by atoms with E-state index in [4.69, 9.17) is 0 Å². The average Bonchev–Trinajstić information content (AvgIpc) is 2.58. The molecule has 132 valence electrons. The van der Waals surface area contributed by atoms with Crippen LogP contribution in [-0.4, -0.2) is 22.8 Å². The predicted molar refractivity (Wildman–Crippen MR) is 95.6 cm³/mol. The van der Waals surface area contributed by atoms with Gasteiger partial charge in [-0.25, -0.2) is 0 Å². The minimum absolute atomic E-state index is 0.108. The van der Waals surface area contributed by atoms with Crippen LogP contribution in [0, 0.1) is 0 Å². The van der Waals surface area contributed by atoms with Crippen molar-refractivity contribution in [1.29, 1.82) is 0 Å². The lowest BCUT2D eigenvalue weighted by Gasteiger charge is -2.19. The van der Waals surface area contributed by atoms with Crippen LogP contribution in [0.2, 0.25) is 0 Å². The third-order valence-corrected chi connectivity index (χ3v) is 4.57. The Hall–Kier alpha value is -1.91. The van der Waals surface area contributed by atoms with Gasteiger partial charge in [0.05, 0.1) is 11.9 Å². The molecule has 5 heteroatoms. The molecular formula is C19H29N3O2. The first-order chi connectivity index (χ1) is 11.8. The molecule has 0 bridgehead atoms. The number of aromatic nitrogens is 1. The monoisotopic (exact) mass is 331 g/mol. The maximum absolute atomic E-state index is 12.1. The second kappa shape index (κ2) is 10.8. The van der Waals surface area contributed by atoms with Crippen LogP contribution >= 0.6 is 0 Å². The molecule has 0 radical (unpaired) electrons. The minimum atomic E-state index is -0.617. The molecule has 2 N–H and O–H groups in total. The SMILES string of the molecule is O=C(Nc1cccnc1)C(=O)NC1CCCCCCCCCCC1. The van der Waals surface area contributed by atoms with Gasteiger partial charge in [-0.05, 0) is 25.0 Å². The number of anilines is 1. The minimum Gasteiger partial charge on any atom is -0.345 e. The summed E-state index contributed by atoms with van der Waals surface area (Å²) in [4.78, 5) is 28.1. The zero-order valence-electron chi connectivity index (χ0n) is 14.4. The molecule has 1 saturated carbocycles. The fourth-order valence-corrected chi connectivity index (χ4v) is 3.18. The lowest BCUT2D eigenvalue weighted by atomic mass is 9.98. The summed E-state index contributed by atoms with van der Waals surface area (Å²) < 4.78 is 0. The van der Waals surface area contributed by atoms with Crippen molar-refractivity contribution in [3.63, 3.8) is 0 Å². The van der Waals surface area contributed by atoms with E-state index in [1.165, 1.54) is 51.1 Å². The molecule has 1 aromatic heterocycles. The highest BCUT2D eigenvalue weighted by molar-refractivity contribution is 6.39. The number of amides is 2. The summed E-state index contributed by atoms with van der Waals surface area (Å²) in [6.07, 6.45) is 16.3. The van der Waals surface area contributed by atoms with E-state index in [1.807, 2.05) is 0 Å². The van der Waals surface area contributed by atoms with Crippen molar-refractivity contribution in [3.05, 3.63) is 24.5 Å². The fourth-order valence-electron chi connectivity index (χ4n) is 3.18. The molecule has 2 amide bonds. The summed E-state index contributed by atoms with van der Waals surface area (Å²) in [5, 5.41) is 5.51. The standard InChI is InChI=1S/C19H29N3O2/c23-18(19(24)22-17-13-10-14-20-15-17)21-16-11-8-6-4-2-1-3-5-7-9-12-16/h10,13-16H,1-9,11-12H2,(H,21,23)(H,22,24). The molecule has 0 spiro atoms. The van der Waals surface area contributed by atoms with E-state index in [1.54, 1.807) is 18.3 Å². The molecule has 1 aliphatic carbocycles. The molecule has 1 heterocycles. The first-order valence-corrected chi connectivity index (χ1v) is 9.27. The maximum atomic E-state index is 12.1. The van der Waals surface area contributed by atoms with Crippen molar-refractivity contribution in [2.24, 2.45) is 0 Å². The summed E-state index contributed by atoms with van der Waals surface area (Å²) >= 11 is 0. The highest BCUT2D eigenvalue weighted by atomic mass is 16.2. The number of carbonyl (C=O) groups excluding carboxylic acids is 2. The number of carbonyl (C=O) groups is 2. The number of pyridine rings is 1. The zero-order valence-corrected chi connectivity index (χ0v) is 14.4. The Kier molecular flexibility index (Phi) is 8.28. The van der Waals surface area contributed by atoms with Crippen LogP contribution in [0.3, 0.4) is 0 Å². The van der Waals surface area contributed by atoms with Crippen molar-refractivity contribution in [1.82, 2.24) is 10.3 Å². The Morgan fingerprint density at radius 3 is 2.00 bits per heavy atom. The summed E-state index contributed by atoms with van der Waals surface area (Å²) in [6.45, 7) is 0. The number of hydrogen-bond acceptors (Lipinski definition) is 3. The molecule has 0 saturated heterocycles. The molecule has 1 aromatic rings. The number of rotatable bonds is 2. The Morgan fingerprint density at radius 1 is 0.875 bits per heavy atom. The first kappa shape index (κ1) is 18.4. The van der Waals surface area contributed by atoms with E-state index in [0.29, 0.717) is 5.69 Å². The van der Waals surface area contributed by atoms with E-state index >= 15 is 0 Å². The molecule has 0 aliphatic heterocycles. The second-order valence-corrected chi connectivity index (χ2v) is 6.63. The van der Waals surface area contributed by atoms with E-state index in [0.717, 1.165) is 25.7 Å². The maximum Gasteiger partial charge on any atom is 0.313 e. The van der Waals surface area contributed by atoms with Gasteiger partial charge in [0.25, 0.3) is 0 Å². The van der Waals surface area contributed by atoms with Gasteiger partial charge in [0.2, 0.25) is 0 Å². The normalized spacial score (nSPS) is 18.0. The smallest absolute Gasteiger partial charge is 0.313 e. The molecule has 24 heavy (non-hydrogen) atoms. The molecule has 2 rings (SSSR count). The van der Waals surface area contributed by atoms with Crippen LogP contribution in [0.1, 0.15) is 70.6 Å². The molecule has 1 fully saturated rings. The van der Waals surface area contributed by atoms with Gasteiger partial charge in [0, 0.05) is 12.2 Å². The Balaban J connectivity index is 1.81. The molecule has 0 aromatic carbocycles. The van der Waals surface area contributed by atoms with Gasteiger partial charge in [0.1, 0.15) is 0 Å². The molecule has 0 atom stereocenters. The fraction of sp³-hybridized carbons (Fsp3) is 0.632. The van der Waals surface area contributed by atoms with Crippen LogP contribution in [0.15, 0.2) is 24.5 Å². The molecular weight excluding hydrogens is 302 g/mol. The first-order valence-electron chi connectivity index (χ1n) is 9.27. The van der Waals surface area contributed by atoms with E-state index < -0.39 is 11.8 Å². The summed E-state index contributed by atoms with van der Waals surface area (Å²) in [5.74, 6) is -1.16. The highest BCUT2D eigenvalue weighted by Gasteiger charge is 2.18. The molecule has 0 unspecified atom stereocenters. The highest BCUT2D eigenvalue weighted by Crippen LogP contribution is 2.17. The lowest BCUT2D eigenvalue weighted by molar-refractivity contribution is -0.136. The third kappa shape index (κ3) is 7.11. The average molecular weight is 331 g/mol. The van der Waals surface area contributed by atoms with Gasteiger partial charge < -0.3 is 10.6 Å². The van der Waals surface area contributed by atoms with Crippen molar-refractivity contribution in [2.75, 3.05) is 5.32 Å². The van der Waals surface area contributed by atoms with Gasteiger partial charge >= 0.3 is 11.8 Å². The zero-order chi connectivity index (χ0) is 17.0. The van der Waals surface area contributed by atoms with E-state index in [-0.39, 0.29) is 6.04 Å². The van der Waals surface area contributed by atoms with Crippen molar-refractivity contribution >= 4 is 17.5 Å². The van der Waals surface area contributed by atoms with Gasteiger partial charge in [-0.2, -0.15) is 0 Å². The third-order valence-electron chi connectivity index (χ3n) is 4.57. The predicted octanol–water partition coefficient (Wildman–Crippen LogP) is 3.81. The van der Waals surface area contributed by atoms with Crippen molar-refractivity contribution in [3.8, 4) is 0 Å². The van der Waals surface area contributed by atoms with Crippen LogP contribution < -0.4 is 10.6 Å². The van der Waals surface area contributed by atoms with Crippen molar-refractivity contribution in [2.45, 2.75) is 76.7 Å². The Bertz CT molecular complexity index is 493. The number of hydrogen-bond donors (Lipinski definition) is 2. The lowest BCUT2D eigenvalue weighted by Crippen LogP contribution is -2.41. The Morgan fingerprint density at radius 2 is 1.46 bits per heavy atom. The Labute approximate surface area is 144 Å².